The smallest absolute Gasteiger partial charge is 0.367 e. The largest absolute Gasteiger partial charge is 0.416 e. The van der Waals surface area contributed by atoms with Gasteiger partial charge in [-0.15, -0.1) is 0 Å². The molecule has 206 valence electrons. The van der Waals surface area contributed by atoms with Crippen LogP contribution in [0.5, 0.6) is 0 Å². The molecule has 1 saturated carbocycles. The number of carbonyl (C=O) groups is 2. The summed E-state index contributed by atoms with van der Waals surface area (Å²) in [6.07, 6.45) is -1.40. The Balaban J connectivity index is 1.53. The Morgan fingerprint density at radius 1 is 0.923 bits per heavy atom. The van der Waals surface area contributed by atoms with Crippen LogP contribution in [0.15, 0.2) is 54.9 Å². The summed E-state index contributed by atoms with van der Waals surface area (Å²) in [6, 6.07) is 10.3. The fraction of sp³-hybridized carbons (Fsp3) is 0.333. The van der Waals surface area contributed by atoms with Crippen LogP contribution in [0.1, 0.15) is 49.4 Å². The predicted molar refractivity (Wildman–Crippen MR) is 144 cm³/mol. The van der Waals surface area contributed by atoms with Crippen LogP contribution < -0.4 is 26.6 Å². The van der Waals surface area contributed by atoms with Gasteiger partial charge >= 0.3 is 12.2 Å². The Hall–Kier alpha value is -4.19. The summed E-state index contributed by atoms with van der Waals surface area (Å²) in [6.45, 7) is 3.96. The van der Waals surface area contributed by atoms with E-state index < -0.39 is 23.8 Å². The van der Waals surface area contributed by atoms with Crippen molar-refractivity contribution in [2.24, 2.45) is 5.92 Å². The molecule has 4 rings (SSSR count). The third kappa shape index (κ3) is 7.23. The van der Waals surface area contributed by atoms with Gasteiger partial charge in [-0.3, -0.25) is 4.79 Å². The standard InChI is InChI=1S/C27H30F3N7O2/c1-15(2)34-23-21(24(33-14-32-23)37-25(38)17-7-8-17)22(31-3)16-9-11-19(12-10-16)35-26(39)36-20-6-4-5-18(13-20)27(28,29)30/h4-6,9-15,17,22,31H,7-8H2,1-3H3,(H2,35,36,39)(H2,32,33,34,37,38). The lowest BCUT2D eigenvalue weighted by atomic mass is 9.98. The first-order chi connectivity index (χ1) is 18.5. The highest BCUT2D eigenvalue weighted by Gasteiger charge is 2.32. The van der Waals surface area contributed by atoms with Crippen molar-refractivity contribution in [2.75, 3.05) is 28.3 Å². The van der Waals surface area contributed by atoms with Crippen LogP contribution in [-0.4, -0.2) is 35.0 Å². The second kappa shape index (κ2) is 11.7. The van der Waals surface area contributed by atoms with Crippen molar-refractivity contribution in [1.29, 1.82) is 0 Å². The van der Waals surface area contributed by atoms with Crippen LogP contribution in [0.4, 0.5) is 41.0 Å². The Bertz CT molecular complexity index is 1330. The van der Waals surface area contributed by atoms with Gasteiger partial charge in [-0.2, -0.15) is 13.2 Å². The maximum Gasteiger partial charge on any atom is 0.416 e. The Morgan fingerprint density at radius 2 is 1.59 bits per heavy atom. The number of carbonyl (C=O) groups excluding carboxylic acids is 2. The molecule has 12 heteroatoms. The van der Waals surface area contributed by atoms with E-state index in [1.165, 1.54) is 18.5 Å². The van der Waals surface area contributed by atoms with E-state index in [1.54, 1.807) is 31.3 Å². The molecule has 1 aliphatic carbocycles. The average molecular weight is 542 g/mol. The third-order valence-electron chi connectivity index (χ3n) is 6.03. The summed E-state index contributed by atoms with van der Waals surface area (Å²) < 4.78 is 38.9. The summed E-state index contributed by atoms with van der Waals surface area (Å²) >= 11 is 0. The molecule has 3 amide bonds. The zero-order chi connectivity index (χ0) is 28.2. The van der Waals surface area contributed by atoms with Crippen LogP contribution in [0.2, 0.25) is 0 Å². The van der Waals surface area contributed by atoms with Crippen LogP contribution in [0.3, 0.4) is 0 Å². The van der Waals surface area contributed by atoms with E-state index in [-0.39, 0.29) is 23.6 Å². The number of alkyl halides is 3. The lowest BCUT2D eigenvalue weighted by Gasteiger charge is -2.24. The van der Waals surface area contributed by atoms with Crippen LogP contribution in [0, 0.1) is 5.92 Å². The van der Waals surface area contributed by atoms with E-state index in [2.05, 4.69) is 36.6 Å². The van der Waals surface area contributed by atoms with E-state index >= 15 is 0 Å². The number of nitrogens with zero attached hydrogens (tertiary/aromatic N) is 2. The summed E-state index contributed by atoms with van der Waals surface area (Å²) in [5.41, 5.74) is 1.08. The van der Waals surface area contributed by atoms with Gasteiger partial charge in [0, 0.05) is 23.3 Å². The first-order valence-corrected chi connectivity index (χ1v) is 12.5. The van der Waals surface area contributed by atoms with E-state index in [4.69, 9.17) is 0 Å². The first-order valence-electron chi connectivity index (χ1n) is 12.5. The number of urea groups is 1. The normalized spacial score (nSPS) is 14.0. The number of nitrogens with one attached hydrogen (secondary N) is 5. The van der Waals surface area contributed by atoms with Crippen LogP contribution in [0.25, 0.3) is 0 Å². The van der Waals surface area contributed by atoms with E-state index in [9.17, 15) is 22.8 Å². The monoisotopic (exact) mass is 541 g/mol. The quantitative estimate of drug-likeness (QED) is 0.240. The average Bonchev–Trinajstić information content (AvgIpc) is 3.72. The van der Waals surface area contributed by atoms with E-state index in [0.717, 1.165) is 30.5 Å². The molecule has 9 nitrogen and oxygen atoms in total. The Labute approximate surface area is 224 Å². The van der Waals surface area contributed by atoms with Crippen molar-refractivity contribution < 1.29 is 22.8 Å². The van der Waals surface area contributed by atoms with E-state index in [0.29, 0.717) is 22.9 Å². The van der Waals surface area contributed by atoms with Gasteiger partial charge in [-0.05, 0) is 69.6 Å². The lowest BCUT2D eigenvalue weighted by Crippen LogP contribution is -2.25. The number of amides is 3. The molecule has 0 bridgehead atoms. The van der Waals surface area contributed by atoms with Gasteiger partial charge in [0.2, 0.25) is 5.91 Å². The fourth-order valence-corrected chi connectivity index (χ4v) is 4.02. The number of anilines is 4. The number of aromatic nitrogens is 2. The molecule has 1 fully saturated rings. The van der Waals surface area contributed by atoms with Crippen molar-refractivity contribution in [3.63, 3.8) is 0 Å². The van der Waals surface area contributed by atoms with Crippen molar-refractivity contribution in [1.82, 2.24) is 15.3 Å². The first kappa shape index (κ1) is 27.8. The van der Waals surface area contributed by atoms with Gasteiger partial charge in [-0.25, -0.2) is 14.8 Å². The minimum absolute atomic E-state index is 0.00481. The summed E-state index contributed by atoms with van der Waals surface area (Å²) in [7, 11) is 1.78. The van der Waals surface area contributed by atoms with Gasteiger partial charge in [0.1, 0.15) is 18.0 Å². The van der Waals surface area contributed by atoms with Gasteiger partial charge in [-0.1, -0.05) is 18.2 Å². The summed E-state index contributed by atoms with van der Waals surface area (Å²) in [5.74, 6) is 0.904. The highest BCUT2D eigenvalue weighted by Crippen LogP contribution is 2.35. The van der Waals surface area contributed by atoms with Crippen LogP contribution in [-0.2, 0) is 11.0 Å². The molecular weight excluding hydrogens is 511 g/mol. The zero-order valence-corrected chi connectivity index (χ0v) is 21.7. The predicted octanol–water partition coefficient (Wildman–Crippen LogP) is 5.62. The van der Waals surface area contributed by atoms with Crippen molar-refractivity contribution in [2.45, 2.75) is 44.9 Å². The molecule has 0 saturated heterocycles. The molecule has 0 radical (unpaired) electrons. The highest BCUT2D eigenvalue weighted by atomic mass is 19.4. The van der Waals surface area contributed by atoms with Crippen molar-refractivity contribution >= 4 is 34.9 Å². The molecule has 39 heavy (non-hydrogen) atoms. The number of halogens is 3. The maximum absolute atomic E-state index is 13.0. The molecule has 0 spiro atoms. The topological polar surface area (TPSA) is 120 Å². The molecule has 1 heterocycles. The number of hydrogen-bond acceptors (Lipinski definition) is 6. The van der Waals surface area contributed by atoms with Gasteiger partial charge in [0.05, 0.1) is 17.2 Å². The molecule has 1 aromatic heterocycles. The molecule has 2 aromatic carbocycles. The van der Waals surface area contributed by atoms with Gasteiger partial charge in [0.15, 0.2) is 0 Å². The molecular formula is C27H30F3N7O2. The second-order valence-corrected chi connectivity index (χ2v) is 9.55. The SMILES string of the molecule is CNC(c1ccc(NC(=O)Nc2cccc(C(F)(F)F)c2)cc1)c1c(NC(=O)C2CC2)ncnc1NC(C)C. The zero-order valence-electron chi connectivity index (χ0n) is 21.7. The minimum atomic E-state index is -4.51. The molecule has 1 aliphatic rings. The third-order valence-corrected chi connectivity index (χ3v) is 6.03. The molecule has 0 aliphatic heterocycles. The molecule has 1 atom stereocenters. The summed E-state index contributed by atoms with van der Waals surface area (Å²) in [5, 5.41) is 14.5. The Morgan fingerprint density at radius 3 is 2.21 bits per heavy atom. The van der Waals surface area contributed by atoms with E-state index in [1.807, 2.05) is 13.8 Å². The van der Waals surface area contributed by atoms with Crippen molar-refractivity contribution in [3.8, 4) is 0 Å². The fourth-order valence-electron chi connectivity index (χ4n) is 4.02. The van der Waals surface area contributed by atoms with Crippen LogP contribution >= 0.6 is 0 Å². The van der Waals surface area contributed by atoms with Gasteiger partial charge < -0.3 is 26.6 Å². The number of hydrogen-bond donors (Lipinski definition) is 5. The lowest BCUT2D eigenvalue weighted by molar-refractivity contribution is -0.137. The molecule has 5 N–H and O–H groups in total. The summed E-state index contributed by atoms with van der Waals surface area (Å²) in [4.78, 5) is 33.7. The highest BCUT2D eigenvalue weighted by molar-refractivity contribution is 5.99. The minimum Gasteiger partial charge on any atom is -0.367 e. The number of rotatable bonds is 9. The van der Waals surface area contributed by atoms with Crippen molar-refractivity contribution in [3.05, 3.63) is 71.5 Å². The van der Waals surface area contributed by atoms with Gasteiger partial charge in [0.25, 0.3) is 0 Å². The Kier molecular flexibility index (Phi) is 8.34. The molecule has 3 aromatic rings. The second-order valence-electron chi connectivity index (χ2n) is 9.55. The maximum atomic E-state index is 13.0. The number of benzene rings is 2. The molecule has 1 unspecified atom stereocenters.